The van der Waals surface area contributed by atoms with Crippen LogP contribution in [-0.4, -0.2) is 70.4 Å². The minimum Gasteiger partial charge on any atom is -0.324 e. The van der Waals surface area contributed by atoms with Crippen LogP contribution < -0.4 is 21.3 Å². The molecule has 0 unspecified atom stereocenters. The average molecular weight is 681 g/mol. The Morgan fingerprint density at radius 2 is 0.940 bits per heavy atom. The topological polar surface area (TPSA) is 157 Å². The molecule has 6 aliphatic rings. The molecule has 6 amide bonds. The molecule has 2 spiro atoms. The third kappa shape index (κ3) is 4.24. The van der Waals surface area contributed by atoms with Crippen molar-refractivity contribution < 1.29 is 28.8 Å². The number of rotatable bonds is 9. The zero-order valence-corrected chi connectivity index (χ0v) is 28.8. The fourth-order valence-electron chi connectivity index (χ4n) is 9.98. The van der Waals surface area contributed by atoms with Crippen molar-refractivity contribution >= 4 is 46.8 Å². The Morgan fingerprint density at radius 3 is 1.32 bits per heavy atom. The molecule has 8 rings (SSSR count). The van der Waals surface area contributed by atoms with E-state index in [0.717, 1.165) is 0 Å². The van der Waals surface area contributed by atoms with Gasteiger partial charge in [0.1, 0.15) is 11.1 Å². The van der Waals surface area contributed by atoms with E-state index >= 15 is 0 Å². The molecule has 0 aromatic heterocycles. The molecule has 12 heteroatoms. The Labute approximate surface area is 291 Å². The van der Waals surface area contributed by atoms with E-state index in [4.69, 9.17) is 0 Å². The fourth-order valence-corrected chi connectivity index (χ4v) is 9.98. The highest BCUT2D eigenvalue weighted by molar-refractivity contribution is 6.16. The van der Waals surface area contributed by atoms with Crippen LogP contribution in [0.15, 0.2) is 48.5 Å². The lowest BCUT2D eigenvalue weighted by Gasteiger charge is -2.30. The maximum absolute atomic E-state index is 14.0. The monoisotopic (exact) mass is 680 g/mol. The first-order chi connectivity index (χ1) is 23.9. The van der Waals surface area contributed by atoms with Crippen LogP contribution in [0.5, 0.6) is 0 Å². The molecule has 0 radical (unpaired) electrons. The Hall–Kier alpha value is -4.42. The lowest BCUT2D eigenvalue weighted by Crippen LogP contribution is -2.54. The van der Waals surface area contributed by atoms with Crippen LogP contribution in [-0.2, 0) is 39.8 Å². The molecule has 4 fully saturated rings. The maximum Gasteiger partial charge on any atom is 0.250 e. The molecule has 50 heavy (non-hydrogen) atoms. The van der Waals surface area contributed by atoms with Gasteiger partial charge in [0.2, 0.25) is 35.4 Å². The summed E-state index contributed by atoms with van der Waals surface area (Å²) in [6.45, 7) is 8.49. The number of fused-ring (bicyclic) bond motifs is 8. The summed E-state index contributed by atoms with van der Waals surface area (Å²) in [4.78, 5) is 85.4. The SMILES string of the molecule is CC(C)[C@@H]1N[C@@]2(C(=O)Nc3ccccc32)[C@@H]2C(=O)N(CCCCCCN3C(=O)[C@H]4[C@@H](C3=O)[C@@]3(N[C@H]4C(C)C)C(=O)Nc4ccccc43)C(=O)[C@@H]21. The predicted octanol–water partition coefficient (Wildman–Crippen LogP) is 2.70. The highest BCUT2D eigenvalue weighted by Gasteiger charge is 2.72. The molecule has 4 N–H and O–H groups in total. The van der Waals surface area contributed by atoms with Crippen molar-refractivity contribution in [3.8, 4) is 0 Å². The summed E-state index contributed by atoms with van der Waals surface area (Å²) >= 11 is 0. The number of amides is 6. The van der Waals surface area contributed by atoms with E-state index in [1.165, 1.54) is 9.80 Å². The van der Waals surface area contributed by atoms with E-state index in [1.807, 2.05) is 76.2 Å². The standard InChI is InChI=1S/C38H44N6O6/c1-19(2)29-25-27(37(41-29)21-13-7-9-15-23(21)39-35(37)49)33(47)43(31(25)45)17-11-5-6-12-18-44-32(46)26-28(34(44)48)38(42-30(26)20(3)4)22-14-8-10-16-24(22)40-36(38)50/h7-10,13-16,19-20,25-30,41-42H,5-6,11-12,17-18H2,1-4H3,(H,39,49)(H,40,50)/t25-,26-,27-,28-,29-,30-,37+,38+/m0/s1. The van der Waals surface area contributed by atoms with Gasteiger partial charge in [-0.3, -0.25) is 49.2 Å². The molecule has 262 valence electrons. The van der Waals surface area contributed by atoms with E-state index in [9.17, 15) is 28.8 Å². The van der Waals surface area contributed by atoms with Crippen LogP contribution in [0.25, 0.3) is 0 Å². The van der Waals surface area contributed by atoms with Crippen LogP contribution in [0.4, 0.5) is 11.4 Å². The second kappa shape index (κ2) is 11.6. The summed E-state index contributed by atoms with van der Waals surface area (Å²) < 4.78 is 0. The molecule has 6 aliphatic heterocycles. The van der Waals surface area contributed by atoms with Crippen LogP contribution in [0.3, 0.4) is 0 Å². The average Bonchev–Trinajstić information content (AvgIpc) is 3.88. The van der Waals surface area contributed by atoms with Crippen LogP contribution in [0.2, 0.25) is 0 Å². The van der Waals surface area contributed by atoms with Crippen molar-refractivity contribution in [1.29, 1.82) is 0 Å². The van der Waals surface area contributed by atoms with Crippen LogP contribution in [0.1, 0.15) is 64.5 Å². The van der Waals surface area contributed by atoms with Crippen molar-refractivity contribution in [2.75, 3.05) is 23.7 Å². The number of likely N-dealkylation sites (tertiary alicyclic amines) is 2. The quantitative estimate of drug-likeness (QED) is 0.233. The number of carbonyl (C=O) groups is 6. The van der Waals surface area contributed by atoms with E-state index in [2.05, 4.69) is 21.3 Å². The van der Waals surface area contributed by atoms with Crippen LogP contribution in [0, 0.1) is 35.5 Å². The lowest BCUT2D eigenvalue weighted by molar-refractivity contribution is -0.144. The molecule has 6 heterocycles. The zero-order chi connectivity index (χ0) is 35.3. The summed E-state index contributed by atoms with van der Waals surface area (Å²) in [6.07, 6.45) is 2.51. The molecular formula is C38H44N6O6. The summed E-state index contributed by atoms with van der Waals surface area (Å²) in [5.74, 6) is -4.56. The van der Waals surface area contributed by atoms with Gasteiger partial charge in [0, 0.05) is 47.7 Å². The third-order valence-electron chi connectivity index (χ3n) is 12.2. The minimum atomic E-state index is -1.28. The number of nitrogens with one attached hydrogen (secondary N) is 4. The smallest absolute Gasteiger partial charge is 0.250 e. The highest BCUT2D eigenvalue weighted by atomic mass is 16.2. The van der Waals surface area contributed by atoms with E-state index in [0.29, 0.717) is 48.2 Å². The van der Waals surface area contributed by atoms with Crippen molar-refractivity contribution in [1.82, 2.24) is 20.4 Å². The van der Waals surface area contributed by atoms with Gasteiger partial charge in [0.25, 0.3) is 0 Å². The Bertz CT molecular complexity index is 1710. The number of carbonyl (C=O) groups excluding carboxylic acids is 6. The number of nitrogens with zero attached hydrogens (tertiary/aromatic N) is 2. The van der Waals surface area contributed by atoms with Crippen LogP contribution >= 0.6 is 0 Å². The number of hydrogen-bond donors (Lipinski definition) is 4. The lowest BCUT2D eigenvalue weighted by atomic mass is 9.76. The molecule has 4 saturated heterocycles. The molecule has 0 bridgehead atoms. The second-order valence-corrected chi connectivity index (χ2v) is 15.5. The first kappa shape index (κ1) is 32.8. The van der Waals surface area contributed by atoms with Crippen molar-refractivity contribution in [3.05, 3.63) is 59.7 Å². The van der Waals surface area contributed by atoms with Gasteiger partial charge in [-0.15, -0.1) is 0 Å². The maximum atomic E-state index is 14.0. The molecule has 0 aliphatic carbocycles. The molecular weight excluding hydrogens is 636 g/mol. The summed E-state index contributed by atoms with van der Waals surface area (Å²) in [7, 11) is 0. The normalized spacial score (nSPS) is 33.7. The molecule has 12 nitrogen and oxygen atoms in total. The number of para-hydroxylation sites is 2. The van der Waals surface area contributed by atoms with Gasteiger partial charge in [-0.1, -0.05) is 76.9 Å². The molecule has 8 atom stereocenters. The number of unbranched alkanes of at least 4 members (excludes halogenated alkanes) is 3. The van der Waals surface area contributed by atoms with Gasteiger partial charge in [0.15, 0.2) is 0 Å². The van der Waals surface area contributed by atoms with Gasteiger partial charge < -0.3 is 10.6 Å². The van der Waals surface area contributed by atoms with Crippen molar-refractivity contribution in [3.63, 3.8) is 0 Å². The Kier molecular flexibility index (Phi) is 7.58. The molecule has 2 aromatic carbocycles. The van der Waals surface area contributed by atoms with E-state index in [1.54, 1.807) is 0 Å². The first-order valence-electron chi connectivity index (χ1n) is 18.0. The largest absolute Gasteiger partial charge is 0.324 e. The summed E-state index contributed by atoms with van der Waals surface area (Å²) in [5, 5.41) is 12.8. The van der Waals surface area contributed by atoms with E-state index in [-0.39, 0.29) is 72.5 Å². The first-order valence-corrected chi connectivity index (χ1v) is 18.0. The molecule has 0 saturated carbocycles. The van der Waals surface area contributed by atoms with Gasteiger partial charge in [0.05, 0.1) is 23.7 Å². The van der Waals surface area contributed by atoms with Gasteiger partial charge in [-0.05, 0) is 36.8 Å². The Morgan fingerprint density at radius 1 is 0.560 bits per heavy atom. The zero-order valence-electron chi connectivity index (χ0n) is 28.8. The number of imide groups is 2. The summed E-state index contributed by atoms with van der Waals surface area (Å²) in [5.41, 5.74) is 0.172. The summed E-state index contributed by atoms with van der Waals surface area (Å²) in [6, 6.07) is 14.0. The van der Waals surface area contributed by atoms with Gasteiger partial charge in [-0.25, -0.2) is 0 Å². The predicted molar refractivity (Wildman–Crippen MR) is 183 cm³/mol. The third-order valence-corrected chi connectivity index (χ3v) is 12.2. The highest BCUT2D eigenvalue weighted by Crippen LogP contribution is 2.55. The Balaban J connectivity index is 0.919. The van der Waals surface area contributed by atoms with Crippen molar-refractivity contribution in [2.45, 2.75) is 76.5 Å². The molecule has 2 aromatic rings. The van der Waals surface area contributed by atoms with Crippen molar-refractivity contribution in [2.24, 2.45) is 35.5 Å². The minimum absolute atomic E-state index is 0.0222. The van der Waals surface area contributed by atoms with Gasteiger partial charge in [-0.2, -0.15) is 0 Å². The number of hydrogen-bond acceptors (Lipinski definition) is 8. The van der Waals surface area contributed by atoms with E-state index < -0.39 is 34.7 Å². The van der Waals surface area contributed by atoms with Gasteiger partial charge >= 0.3 is 0 Å². The number of benzene rings is 2. The fraction of sp³-hybridized carbons (Fsp3) is 0.526. The second-order valence-electron chi connectivity index (χ2n) is 15.5. The number of anilines is 2.